The Morgan fingerprint density at radius 2 is 1.84 bits per heavy atom. The summed E-state index contributed by atoms with van der Waals surface area (Å²) in [7, 11) is 3.21. The molecule has 0 radical (unpaired) electrons. The summed E-state index contributed by atoms with van der Waals surface area (Å²) in [4.78, 5) is 8.35. The lowest BCUT2D eigenvalue weighted by Crippen LogP contribution is -2.04. The maximum absolute atomic E-state index is 5.12. The highest BCUT2D eigenvalue weighted by atomic mass is 127. The SMILES string of the molecule is COc1ccc(CNc2cc(I)nc(OC)n2)cc1. The van der Waals surface area contributed by atoms with Crippen molar-refractivity contribution in [3.05, 3.63) is 39.6 Å². The molecule has 2 rings (SSSR count). The Balaban J connectivity index is 2.03. The number of anilines is 1. The summed E-state index contributed by atoms with van der Waals surface area (Å²) >= 11 is 2.13. The molecular weight excluding hydrogens is 357 g/mol. The van der Waals surface area contributed by atoms with Crippen molar-refractivity contribution in [3.63, 3.8) is 0 Å². The van der Waals surface area contributed by atoms with Crippen LogP contribution in [0.4, 0.5) is 5.82 Å². The lowest BCUT2D eigenvalue weighted by molar-refractivity contribution is 0.379. The monoisotopic (exact) mass is 371 g/mol. The second-order valence-electron chi connectivity index (χ2n) is 3.76. The van der Waals surface area contributed by atoms with Gasteiger partial charge >= 0.3 is 6.01 Å². The van der Waals surface area contributed by atoms with Gasteiger partial charge < -0.3 is 14.8 Å². The molecule has 5 nitrogen and oxygen atoms in total. The van der Waals surface area contributed by atoms with Crippen LogP contribution in [0, 0.1) is 3.70 Å². The highest BCUT2D eigenvalue weighted by Crippen LogP contribution is 2.15. The third-order valence-electron chi connectivity index (χ3n) is 2.49. The predicted molar refractivity (Wildman–Crippen MR) is 81.6 cm³/mol. The number of methoxy groups -OCH3 is 2. The molecule has 0 saturated heterocycles. The lowest BCUT2D eigenvalue weighted by atomic mass is 10.2. The smallest absolute Gasteiger partial charge is 0.319 e. The van der Waals surface area contributed by atoms with Gasteiger partial charge in [0.05, 0.1) is 14.2 Å². The number of nitrogens with one attached hydrogen (secondary N) is 1. The number of ether oxygens (including phenoxy) is 2. The number of hydrogen-bond donors (Lipinski definition) is 1. The quantitative estimate of drug-likeness (QED) is 0.647. The minimum Gasteiger partial charge on any atom is -0.497 e. The topological polar surface area (TPSA) is 56.3 Å². The molecule has 0 aliphatic rings. The zero-order chi connectivity index (χ0) is 13.7. The van der Waals surface area contributed by atoms with Crippen molar-refractivity contribution in [2.24, 2.45) is 0 Å². The molecule has 2 aromatic rings. The average molecular weight is 371 g/mol. The van der Waals surface area contributed by atoms with E-state index in [0.717, 1.165) is 20.8 Å². The van der Waals surface area contributed by atoms with Gasteiger partial charge in [0.25, 0.3) is 0 Å². The van der Waals surface area contributed by atoms with Gasteiger partial charge in [-0.05, 0) is 40.3 Å². The van der Waals surface area contributed by atoms with E-state index in [-0.39, 0.29) is 0 Å². The molecule has 0 spiro atoms. The largest absolute Gasteiger partial charge is 0.497 e. The molecule has 0 fully saturated rings. The third-order valence-corrected chi connectivity index (χ3v) is 3.04. The van der Waals surface area contributed by atoms with E-state index in [1.54, 1.807) is 14.2 Å². The summed E-state index contributed by atoms with van der Waals surface area (Å²) in [5.74, 6) is 1.59. The van der Waals surface area contributed by atoms with Crippen LogP contribution in [0.3, 0.4) is 0 Å². The minimum atomic E-state index is 0.365. The van der Waals surface area contributed by atoms with Crippen molar-refractivity contribution in [1.29, 1.82) is 0 Å². The Morgan fingerprint density at radius 1 is 1.11 bits per heavy atom. The van der Waals surface area contributed by atoms with Crippen LogP contribution >= 0.6 is 22.6 Å². The zero-order valence-electron chi connectivity index (χ0n) is 10.7. The number of hydrogen-bond acceptors (Lipinski definition) is 5. The summed E-state index contributed by atoms with van der Waals surface area (Å²) in [5.41, 5.74) is 1.15. The van der Waals surface area contributed by atoms with Crippen LogP contribution in [0.25, 0.3) is 0 Å². The van der Waals surface area contributed by atoms with E-state index in [0.29, 0.717) is 12.6 Å². The molecule has 1 aromatic heterocycles. The molecule has 1 aromatic carbocycles. The summed E-state index contributed by atoms with van der Waals surface area (Å²) in [6.45, 7) is 0.681. The first-order valence-corrected chi connectivity index (χ1v) is 6.74. The highest BCUT2D eigenvalue weighted by molar-refractivity contribution is 14.1. The maximum Gasteiger partial charge on any atom is 0.319 e. The van der Waals surface area contributed by atoms with E-state index in [1.807, 2.05) is 30.3 Å². The van der Waals surface area contributed by atoms with Crippen LogP contribution in [-0.4, -0.2) is 24.2 Å². The van der Waals surface area contributed by atoms with Gasteiger partial charge in [0, 0.05) is 12.6 Å². The first kappa shape index (κ1) is 13.9. The number of aromatic nitrogens is 2. The van der Waals surface area contributed by atoms with Gasteiger partial charge in [-0.25, -0.2) is 0 Å². The molecule has 0 aliphatic carbocycles. The molecule has 6 heteroatoms. The number of rotatable bonds is 5. The Hall–Kier alpha value is -1.57. The second kappa shape index (κ2) is 6.55. The standard InChI is InChI=1S/C13H14IN3O2/c1-18-10-5-3-9(4-6-10)8-15-12-7-11(14)16-13(17-12)19-2/h3-7H,8H2,1-2H3,(H,15,16,17). The fourth-order valence-corrected chi connectivity index (χ4v) is 2.02. The van der Waals surface area contributed by atoms with Crippen LogP contribution < -0.4 is 14.8 Å². The molecule has 0 atom stereocenters. The Labute approximate surface area is 125 Å². The molecular formula is C13H14IN3O2. The second-order valence-corrected chi connectivity index (χ2v) is 4.87. The van der Waals surface area contributed by atoms with Gasteiger partial charge in [0.1, 0.15) is 15.3 Å². The van der Waals surface area contributed by atoms with Gasteiger partial charge in [-0.2, -0.15) is 9.97 Å². The minimum absolute atomic E-state index is 0.365. The molecule has 0 unspecified atom stereocenters. The average Bonchev–Trinajstić information content (AvgIpc) is 2.45. The first-order valence-electron chi connectivity index (χ1n) is 5.66. The number of benzene rings is 1. The molecule has 0 saturated carbocycles. The van der Waals surface area contributed by atoms with Crippen molar-refractivity contribution in [2.75, 3.05) is 19.5 Å². The zero-order valence-corrected chi connectivity index (χ0v) is 12.8. The van der Waals surface area contributed by atoms with Crippen LogP contribution in [-0.2, 0) is 6.54 Å². The van der Waals surface area contributed by atoms with Crippen molar-refractivity contribution in [1.82, 2.24) is 9.97 Å². The van der Waals surface area contributed by atoms with Crippen LogP contribution in [0.5, 0.6) is 11.8 Å². The fourth-order valence-electron chi connectivity index (χ4n) is 1.51. The Bertz CT molecular complexity index is 546. The van der Waals surface area contributed by atoms with E-state index in [4.69, 9.17) is 9.47 Å². The molecule has 1 N–H and O–H groups in total. The molecule has 19 heavy (non-hydrogen) atoms. The lowest BCUT2D eigenvalue weighted by Gasteiger charge is -2.08. The van der Waals surface area contributed by atoms with Crippen LogP contribution in [0.15, 0.2) is 30.3 Å². The molecule has 1 heterocycles. The van der Waals surface area contributed by atoms with Gasteiger partial charge in [0.15, 0.2) is 0 Å². The van der Waals surface area contributed by atoms with Gasteiger partial charge in [-0.3, -0.25) is 0 Å². The van der Waals surface area contributed by atoms with Crippen molar-refractivity contribution < 1.29 is 9.47 Å². The Morgan fingerprint density at radius 3 is 2.47 bits per heavy atom. The van der Waals surface area contributed by atoms with Crippen LogP contribution in [0.1, 0.15) is 5.56 Å². The fraction of sp³-hybridized carbons (Fsp3) is 0.231. The summed E-state index contributed by atoms with van der Waals surface area (Å²) in [6, 6.07) is 10.1. The normalized spacial score (nSPS) is 10.1. The van der Waals surface area contributed by atoms with Gasteiger partial charge in [-0.1, -0.05) is 12.1 Å². The first-order chi connectivity index (χ1) is 9.21. The summed E-state index contributed by atoms with van der Waals surface area (Å²) in [6.07, 6.45) is 0. The van der Waals surface area contributed by atoms with E-state index >= 15 is 0 Å². The molecule has 100 valence electrons. The van der Waals surface area contributed by atoms with E-state index in [1.165, 1.54) is 0 Å². The number of halogens is 1. The summed E-state index contributed by atoms with van der Waals surface area (Å²) in [5, 5.41) is 3.24. The van der Waals surface area contributed by atoms with E-state index in [9.17, 15) is 0 Å². The van der Waals surface area contributed by atoms with Crippen molar-refractivity contribution >= 4 is 28.4 Å². The van der Waals surface area contributed by atoms with E-state index < -0.39 is 0 Å². The predicted octanol–water partition coefficient (Wildman–Crippen LogP) is 2.71. The maximum atomic E-state index is 5.12. The molecule has 0 bridgehead atoms. The highest BCUT2D eigenvalue weighted by Gasteiger charge is 2.03. The Kier molecular flexibility index (Phi) is 4.78. The summed E-state index contributed by atoms with van der Waals surface area (Å²) < 4.78 is 11.0. The van der Waals surface area contributed by atoms with Crippen LogP contribution in [0.2, 0.25) is 0 Å². The van der Waals surface area contributed by atoms with Gasteiger partial charge in [0.2, 0.25) is 0 Å². The van der Waals surface area contributed by atoms with Crippen molar-refractivity contribution in [2.45, 2.75) is 6.54 Å². The van der Waals surface area contributed by atoms with Gasteiger partial charge in [-0.15, -0.1) is 0 Å². The molecule has 0 amide bonds. The third kappa shape index (κ3) is 3.95. The van der Waals surface area contributed by atoms with E-state index in [2.05, 4.69) is 37.9 Å². The molecule has 0 aliphatic heterocycles. The van der Waals surface area contributed by atoms with Crippen molar-refractivity contribution in [3.8, 4) is 11.8 Å². The number of nitrogens with zero attached hydrogens (tertiary/aromatic N) is 2.